The van der Waals surface area contributed by atoms with E-state index in [0.717, 1.165) is 19.3 Å². The number of ether oxygens (including phenoxy) is 2. The molecule has 1 heterocycles. The Bertz CT molecular complexity index is 951. The van der Waals surface area contributed by atoms with Gasteiger partial charge in [-0.25, -0.2) is 9.78 Å². The molecule has 140 valence electrons. The molecule has 1 aromatic carbocycles. The van der Waals surface area contributed by atoms with E-state index in [1.165, 1.54) is 32.2 Å². The molecule has 9 nitrogen and oxygen atoms in total. The first-order valence-corrected chi connectivity index (χ1v) is 7.62. The summed E-state index contributed by atoms with van der Waals surface area (Å²) in [6.45, 7) is 1.45. The van der Waals surface area contributed by atoms with Crippen LogP contribution in [0.5, 0.6) is 11.5 Å². The highest BCUT2D eigenvalue weighted by atomic mass is 16.6. The van der Waals surface area contributed by atoms with Gasteiger partial charge in [-0.3, -0.25) is 14.9 Å². The topological polar surface area (TPSA) is 129 Å². The fraction of sp³-hybridized carbons (Fsp3) is 0.167. The average Bonchev–Trinajstić information content (AvgIpc) is 2.65. The maximum atomic E-state index is 12.4. The highest BCUT2D eigenvalue weighted by Crippen LogP contribution is 2.27. The number of hydrogen-bond donors (Lipinski definition) is 1. The highest BCUT2D eigenvalue weighted by molar-refractivity contribution is 6.08. The van der Waals surface area contributed by atoms with Crippen molar-refractivity contribution in [1.82, 2.24) is 4.98 Å². The summed E-state index contributed by atoms with van der Waals surface area (Å²) in [6.07, 6.45) is 2.41. The molecule has 0 saturated heterocycles. The molecular formula is C18H16N2O7. The maximum absolute atomic E-state index is 12.4. The zero-order chi connectivity index (χ0) is 20.1. The number of hydrogen-bond acceptors (Lipinski definition) is 8. The van der Waals surface area contributed by atoms with Crippen LogP contribution in [0.25, 0.3) is 6.08 Å². The summed E-state index contributed by atoms with van der Waals surface area (Å²) in [5.41, 5.74) is -0.506. The lowest BCUT2D eigenvalue weighted by molar-refractivity contribution is -0.385. The number of nitrogens with zero attached hydrogens (tertiary/aromatic N) is 2. The number of esters is 1. The van der Waals surface area contributed by atoms with Crippen molar-refractivity contribution in [1.29, 1.82) is 0 Å². The molecule has 9 heteroatoms. The van der Waals surface area contributed by atoms with Crippen LogP contribution < -0.4 is 4.74 Å². The second kappa shape index (κ2) is 8.09. The third-order valence-corrected chi connectivity index (χ3v) is 3.63. The largest absolute Gasteiger partial charge is 0.504 e. The quantitative estimate of drug-likeness (QED) is 0.269. The molecule has 2 rings (SSSR count). The first-order valence-electron chi connectivity index (χ1n) is 7.62. The number of methoxy groups -OCH3 is 2. The molecule has 1 aromatic heterocycles. The molecule has 27 heavy (non-hydrogen) atoms. The number of carbonyl (C=O) groups is 2. The number of carbonyl (C=O) groups excluding carboxylic acids is 2. The van der Waals surface area contributed by atoms with E-state index in [4.69, 9.17) is 4.74 Å². The van der Waals surface area contributed by atoms with Crippen molar-refractivity contribution in [3.63, 3.8) is 0 Å². The number of nitro groups is 1. The summed E-state index contributed by atoms with van der Waals surface area (Å²) < 4.78 is 9.50. The van der Waals surface area contributed by atoms with Crippen molar-refractivity contribution in [3.05, 3.63) is 63.0 Å². The Hall–Kier alpha value is -3.75. The van der Waals surface area contributed by atoms with Gasteiger partial charge in [0.1, 0.15) is 0 Å². The Morgan fingerprint density at radius 3 is 2.48 bits per heavy atom. The predicted molar refractivity (Wildman–Crippen MR) is 95.0 cm³/mol. The SMILES string of the molecule is COC(=O)c1nc(C(=O)/C=C/c2ccc(OC)c(O)c2)c([N+](=O)[O-])cc1C. The van der Waals surface area contributed by atoms with Gasteiger partial charge < -0.3 is 14.6 Å². The average molecular weight is 372 g/mol. The van der Waals surface area contributed by atoms with Crippen LogP contribution in [0.15, 0.2) is 30.3 Å². The molecule has 0 spiro atoms. The number of phenols is 1. The monoisotopic (exact) mass is 372 g/mol. The van der Waals surface area contributed by atoms with Crippen molar-refractivity contribution < 1.29 is 29.1 Å². The van der Waals surface area contributed by atoms with Crippen LogP contribution in [0.4, 0.5) is 5.69 Å². The first kappa shape index (κ1) is 19.6. The van der Waals surface area contributed by atoms with E-state index in [0.29, 0.717) is 5.56 Å². The third-order valence-electron chi connectivity index (χ3n) is 3.63. The second-order valence-electron chi connectivity index (χ2n) is 5.40. The van der Waals surface area contributed by atoms with E-state index in [1.54, 1.807) is 6.07 Å². The fourth-order valence-electron chi connectivity index (χ4n) is 2.28. The van der Waals surface area contributed by atoms with E-state index < -0.39 is 28.1 Å². The number of aryl methyl sites for hydroxylation is 1. The van der Waals surface area contributed by atoms with Crippen molar-refractivity contribution >= 4 is 23.5 Å². The summed E-state index contributed by atoms with van der Waals surface area (Å²) in [4.78, 5) is 38.5. The molecule has 0 bridgehead atoms. The van der Waals surface area contributed by atoms with Gasteiger partial charge >= 0.3 is 5.97 Å². The number of rotatable bonds is 6. The van der Waals surface area contributed by atoms with E-state index >= 15 is 0 Å². The van der Waals surface area contributed by atoms with E-state index in [-0.39, 0.29) is 22.8 Å². The molecule has 2 aromatic rings. The lowest BCUT2D eigenvalue weighted by atomic mass is 10.1. The molecule has 0 aliphatic carbocycles. The van der Waals surface area contributed by atoms with Gasteiger partial charge in [0.25, 0.3) is 5.69 Å². The summed E-state index contributed by atoms with van der Waals surface area (Å²) in [5.74, 6) is -1.45. The number of pyridine rings is 1. The summed E-state index contributed by atoms with van der Waals surface area (Å²) in [5, 5.41) is 21.0. The van der Waals surface area contributed by atoms with E-state index in [9.17, 15) is 24.8 Å². The number of aromatic nitrogens is 1. The molecule has 0 atom stereocenters. The summed E-state index contributed by atoms with van der Waals surface area (Å²) >= 11 is 0. The van der Waals surface area contributed by atoms with Crippen LogP contribution in [0, 0.1) is 17.0 Å². The second-order valence-corrected chi connectivity index (χ2v) is 5.40. The Morgan fingerprint density at radius 1 is 1.22 bits per heavy atom. The van der Waals surface area contributed by atoms with Gasteiger partial charge in [-0.1, -0.05) is 12.1 Å². The van der Waals surface area contributed by atoms with Gasteiger partial charge in [-0.05, 0) is 36.3 Å². The number of ketones is 1. The highest BCUT2D eigenvalue weighted by Gasteiger charge is 2.25. The molecule has 0 amide bonds. The van der Waals surface area contributed by atoms with Gasteiger partial charge in [0.15, 0.2) is 22.9 Å². The minimum Gasteiger partial charge on any atom is -0.504 e. The van der Waals surface area contributed by atoms with Gasteiger partial charge in [0.05, 0.1) is 19.1 Å². The molecule has 0 aliphatic heterocycles. The van der Waals surface area contributed by atoms with Gasteiger partial charge in [-0.2, -0.15) is 0 Å². The molecule has 0 saturated carbocycles. The zero-order valence-corrected chi connectivity index (χ0v) is 14.8. The van der Waals surface area contributed by atoms with Crippen molar-refractivity contribution in [3.8, 4) is 11.5 Å². The van der Waals surface area contributed by atoms with E-state index in [1.807, 2.05) is 0 Å². The lowest BCUT2D eigenvalue weighted by Crippen LogP contribution is -2.13. The zero-order valence-electron chi connectivity index (χ0n) is 14.8. The predicted octanol–water partition coefficient (Wildman–Crippen LogP) is 2.70. The van der Waals surface area contributed by atoms with Crippen molar-refractivity contribution in [2.75, 3.05) is 14.2 Å². The van der Waals surface area contributed by atoms with Crippen LogP contribution in [0.3, 0.4) is 0 Å². The standard InChI is InChI=1S/C18H16N2O7/c1-10-8-12(20(24)25)17(19-16(10)18(23)27-3)13(21)6-4-11-5-7-15(26-2)14(22)9-11/h4-9,22H,1-3H3/b6-4+. The van der Waals surface area contributed by atoms with Crippen LogP contribution in [-0.2, 0) is 4.74 Å². The lowest BCUT2D eigenvalue weighted by Gasteiger charge is -2.06. The van der Waals surface area contributed by atoms with Crippen LogP contribution >= 0.6 is 0 Å². The molecule has 1 N–H and O–H groups in total. The van der Waals surface area contributed by atoms with Gasteiger partial charge in [0, 0.05) is 6.07 Å². The Balaban J connectivity index is 2.43. The summed E-state index contributed by atoms with van der Waals surface area (Å²) in [7, 11) is 2.54. The number of aromatic hydroxyl groups is 1. The van der Waals surface area contributed by atoms with Crippen molar-refractivity contribution in [2.24, 2.45) is 0 Å². The Morgan fingerprint density at radius 2 is 1.93 bits per heavy atom. The van der Waals surface area contributed by atoms with Crippen LogP contribution in [0.1, 0.15) is 32.1 Å². The van der Waals surface area contributed by atoms with Gasteiger partial charge in [-0.15, -0.1) is 0 Å². The molecule has 0 radical (unpaired) electrons. The molecule has 0 unspecified atom stereocenters. The van der Waals surface area contributed by atoms with Crippen molar-refractivity contribution in [2.45, 2.75) is 6.92 Å². The third kappa shape index (κ3) is 4.27. The number of allylic oxidation sites excluding steroid dienone is 1. The number of phenolic OH excluding ortho intramolecular Hbond substituents is 1. The van der Waals surface area contributed by atoms with Crippen LogP contribution in [0.2, 0.25) is 0 Å². The summed E-state index contributed by atoms with van der Waals surface area (Å²) in [6, 6.07) is 5.54. The maximum Gasteiger partial charge on any atom is 0.356 e. The first-order chi connectivity index (χ1) is 12.8. The van der Waals surface area contributed by atoms with E-state index in [2.05, 4.69) is 9.72 Å². The minimum atomic E-state index is -0.805. The fourth-order valence-corrected chi connectivity index (χ4v) is 2.28. The normalized spacial score (nSPS) is 10.6. The van der Waals surface area contributed by atoms with Gasteiger partial charge in [0.2, 0.25) is 5.78 Å². The Labute approximate surface area is 154 Å². The molecule has 0 aliphatic rings. The minimum absolute atomic E-state index is 0.125. The smallest absolute Gasteiger partial charge is 0.356 e. The Kier molecular flexibility index (Phi) is 5.86. The molecular weight excluding hydrogens is 356 g/mol. The molecule has 0 fully saturated rings. The van der Waals surface area contributed by atoms with Crippen LogP contribution in [-0.4, -0.2) is 41.0 Å². The number of benzene rings is 1.